The van der Waals surface area contributed by atoms with Crippen LogP contribution in [0, 0.1) is 5.82 Å². The van der Waals surface area contributed by atoms with E-state index in [2.05, 4.69) is 0 Å². The molecule has 160 valence electrons. The molecule has 7 nitrogen and oxygen atoms in total. The van der Waals surface area contributed by atoms with E-state index in [9.17, 15) is 18.0 Å². The Labute approximate surface area is 173 Å². The van der Waals surface area contributed by atoms with Gasteiger partial charge in [-0.2, -0.15) is 0 Å². The van der Waals surface area contributed by atoms with Crippen molar-refractivity contribution in [3.63, 3.8) is 0 Å². The fourth-order valence-corrected chi connectivity index (χ4v) is 6.64. The number of ether oxygens (including phenoxy) is 1. The van der Waals surface area contributed by atoms with Crippen LogP contribution < -0.4 is 10.3 Å². The van der Waals surface area contributed by atoms with Gasteiger partial charge < -0.3 is 14.2 Å². The van der Waals surface area contributed by atoms with E-state index < -0.39 is 27.1 Å². The molecule has 1 aliphatic carbocycles. The molecular formula is C21H23FN2O5S. The number of anilines is 1. The van der Waals surface area contributed by atoms with Crippen molar-refractivity contribution in [2.75, 3.05) is 23.8 Å². The van der Waals surface area contributed by atoms with Gasteiger partial charge in [-0.3, -0.25) is 4.79 Å². The van der Waals surface area contributed by atoms with Gasteiger partial charge in [-0.25, -0.2) is 17.6 Å². The number of carbonyl (C=O) groups excluding carboxylic acids is 1. The number of halogens is 1. The first-order valence-electron chi connectivity index (χ1n) is 10.3. The molecule has 1 saturated carbocycles. The quantitative estimate of drug-likeness (QED) is 0.691. The van der Waals surface area contributed by atoms with Crippen LogP contribution >= 0.6 is 0 Å². The van der Waals surface area contributed by atoms with Gasteiger partial charge in [-0.1, -0.05) is 0 Å². The lowest BCUT2D eigenvalue weighted by Gasteiger charge is -2.27. The van der Waals surface area contributed by atoms with E-state index in [1.54, 1.807) is 11.5 Å². The van der Waals surface area contributed by atoms with Crippen molar-refractivity contribution < 1.29 is 22.3 Å². The van der Waals surface area contributed by atoms with E-state index in [1.165, 1.54) is 12.3 Å². The predicted octanol–water partition coefficient (Wildman–Crippen LogP) is 2.55. The van der Waals surface area contributed by atoms with E-state index in [0.717, 1.165) is 19.3 Å². The summed E-state index contributed by atoms with van der Waals surface area (Å²) in [5.41, 5.74) is 0.299. The summed E-state index contributed by atoms with van der Waals surface area (Å²) in [5.74, 6) is -1.69. The van der Waals surface area contributed by atoms with Gasteiger partial charge in [0.05, 0.1) is 29.3 Å². The molecule has 2 fully saturated rings. The second-order valence-corrected chi connectivity index (χ2v) is 10.5. The first kappa shape index (κ1) is 19.5. The van der Waals surface area contributed by atoms with E-state index in [0.29, 0.717) is 29.7 Å². The number of rotatable bonds is 3. The zero-order valence-corrected chi connectivity index (χ0v) is 17.5. The fourth-order valence-electron chi connectivity index (χ4n) is 4.88. The molecule has 3 aliphatic rings. The molecule has 1 saturated heterocycles. The van der Waals surface area contributed by atoms with E-state index in [-0.39, 0.29) is 41.1 Å². The lowest BCUT2D eigenvalue weighted by Crippen LogP contribution is -2.33. The molecular weight excluding hydrogens is 411 g/mol. The molecule has 9 heteroatoms. The van der Waals surface area contributed by atoms with Gasteiger partial charge in [0, 0.05) is 35.8 Å². The van der Waals surface area contributed by atoms with Crippen molar-refractivity contribution >= 4 is 32.4 Å². The molecule has 5 rings (SSSR count). The molecule has 0 radical (unpaired) electrons. The van der Waals surface area contributed by atoms with Gasteiger partial charge in [0.15, 0.2) is 9.84 Å². The summed E-state index contributed by atoms with van der Waals surface area (Å²) < 4.78 is 47.9. The molecule has 2 aromatic rings. The van der Waals surface area contributed by atoms with Crippen LogP contribution in [0.4, 0.5) is 10.1 Å². The maximum atomic E-state index is 15.4. The van der Waals surface area contributed by atoms with Crippen LogP contribution in [-0.4, -0.2) is 43.9 Å². The highest BCUT2D eigenvalue weighted by molar-refractivity contribution is 7.90. The Morgan fingerprint density at radius 2 is 2.03 bits per heavy atom. The van der Waals surface area contributed by atoms with Crippen molar-refractivity contribution in [3.05, 3.63) is 39.4 Å². The summed E-state index contributed by atoms with van der Waals surface area (Å²) in [6.07, 6.45) is 4.68. The summed E-state index contributed by atoms with van der Waals surface area (Å²) in [7, 11) is -3.48. The first-order valence-corrected chi connectivity index (χ1v) is 12.2. The molecule has 0 N–H and O–H groups in total. The van der Waals surface area contributed by atoms with Crippen molar-refractivity contribution in [3.8, 4) is 0 Å². The number of hydrogen-bond donors (Lipinski definition) is 0. The summed E-state index contributed by atoms with van der Waals surface area (Å²) >= 11 is 0. The smallest absolute Gasteiger partial charge is 0.343 e. The number of carbonyl (C=O) groups is 1. The zero-order chi connectivity index (χ0) is 21.2. The number of hydrogen-bond acceptors (Lipinski definition) is 6. The minimum Gasteiger partial charge on any atom is -0.462 e. The number of pyridine rings is 1. The van der Waals surface area contributed by atoms with Crippen LogP contribution in [0.3, 0.4) is 0 Å². The fraction of sp³-hybridized carbons (Fsp3) is 0.524. The predicted molar refractivity (Wildman–Crippen MR) is 110 cm³/mol. The Bertz CT molecular complexity index is 1230. The molecule has 0 amide bonds. The lowest BCUT2D eigenvalue weighted by atomic mass is 10.0. The summed E-state index contributed by atoms with van der Waals surface area (Å²) in [6.45, 7) is 2.35. The van der Waals surface area contributed by atoms with Gasteiger partial charge in [-0.15, -0.1) is 0 Å². The van der Waals surface area contributed by atoms with Crippen molar-refractivity contribution in [1.82, 2.24) is 4.57 Å². The van der Waals surface area contributed by atoms with Crippen LogP contribution in [0.25, 0.3) is 10.9 Å². The molecule has 2 aliphatic heterocycles. The Hall–Kier alpha value is -2.42. The van der Waals surface area contributed by atoms with Crippen LogP contribution in [0.15, 0.2) is 17.1 Å². The molecule has 1 aromatic carbocycles. The average Bonchev–Trinajstić information content (AvgIpc) is 3.44. The average molecular weight is 434 g/mol. The number of nitrogens with zero attached hydrogens (tertiary/aromatic N) is 2. The monoisotopic (exact) mass is 434 g/mol. The van der Waals surface area contributed by atoms with Gasteiger partial charge in [0.2, 0.25) is 5.43 Å². The van der Waals surface area contributed by atoms with E-state index >= 15 is 4.39 Å². The molecule has 30 heavy (non-hydrogen) atoms. The normalized spacial score (nSPS) is 22.5. The molecule has 1 aromatic heterocycles. The third kappa shape index (κ3) is 3.02. The highest BCUT2D eigenvalue weighted by atomic mass is 32.2. The zero-order valence-electron chi connectivity index (χ0n) is 16.7. The summed E-state index contributed by atoms with van der Waals surface area (Å²) in [5, 5.41) is 0.0385. The van der Waals surface area contributed by atoms with Gasteiger partial charge in [0.25, 0.3) is 0 Å². The number of benzene rings is 1. The minimum atomic E-state index is -3.48. The van der Waals surface area contributed by atoms with Gasteiger partial charge in [-0.05, 0) is 38.7 Å². The highest BCUT2D eigenvalue weighted by Gasteiger charge is 2.39. The Morgan fingerprint density at radius 1 is 1.27 bits per heavy atom. The second kappa shape index (κ2) is 6.80. The number of sulfone groups is 1. The van der Waals surface area contributed by atoms with E-state index in [1.807, 2.05) is 4.90 Å². The number of esters is 1. The van der Waals surface area contributed by atoms with Crippen molar-refractivity contribution in [2.45, 2.75) is 50.4 Å². The largest absolute Gasteiger partial charge is 0.462 e. The molecule has 3 heterocycles. The third-order valence-corrected chi connectivity index (χ3v) is 7.87. The maximum absolute atomic E-state index is 15.4. The standard InChI is InChI=1S/C21H23FN2O5S/c1-2-29-21(26)15-9-24(12-5-6-12)18-14(20(15)25)8-17(22)19-16(18)11-30(27,28)10-13-4-3-7-23(13)19/h8-9,12-13H,2-7,10-11H2,1H3. The second-order valence-electron chi connectivity index (χ2n) is 8.36. The Morgan fingerprint density at radius 3 is 2.73 bits per heavy atom. The highest BCUT2D eigenvalue weighted by Crippen LogP contribution is 2.43. The van der Waals surface area contributed by atoms with Crippen molar-refractivity contribution in [1.29, 1.82) is 0 Å². The third-order valence-electron chi connectivity index (χ3n) is 6.25. The van der Waals surface area contributed by atoms with Gasteiger partial charge in [0.1, 0.15) is 11.4 Å². The first-order chi connectivity index (χ1) is 14.3. The van der Waals surface area contributed by atoms with Crippen LogP contribution in [0.1, 0.15) is 54.6 Å². The number of fused-ring (bicyclic) bond motifs is 5. The molecule has 1 atom stereocenters. The summed E-state index contributed by atoms with van der Waals surface area (Å²) in [6, 6.07) is 0.977. The van der Waals surface area contributed by atoms with Gasteiger partial charge >= 0.3 is 5.97 Å². The van der Waals surface area contributed by atoms with Crippen molar-refractivity contribution in [2.24, 2.45) is 0 Å². The Kier molecular flexibility index (Phi) is 4.43. The molecule has 1 unspecified atom stereocenters. The topological polar surface area (TPSA) is 85.7 Å². The van der Waals surface area contributed by atoms with Crippen LogP contribution in [0.2, 0.25) is 0 Å². The summed E-state index contributed by atoms with van der Waals surface area (Å²) in [4.78, 5) is 27.3. The van der Waals surface area contributed by atoms with Crippen LogP contribution in [0.5, 0.6) is 0 Å². The SMILES string of the molecule is CCOC(=O)c1cn(C2CC2)c2c3c(c(F)cc2c1=O)N1CCCC1CS(=O)(=O)C3. The minimum absolute atomic E-state index is 0.0167. The Balaban J connectivity index is 1.87. The maximum Gasteiger partial charge on any atom is 0.343 e. The lowest BCUT2D eigenvalue weighted by molar-refractivity contribution is 0.0524. The van der Waals surface area contributed by atoms with Crippen LogP contribution in [-0.2, 0) is 20.3 Å². The molecule has 0 bridgehead atoms. The molecule has 0 spiro atoms. The number of aromatic nitrogens is 1. The van der Waals surface area contributed by atoms with E-state index in [4.69, 9.17) is 4.74 Å².